The molecule has 3 atom stereocenters. The molecule has 1 aromatic carbocycles. The number of piperidine rings is 1. The second kappa shape index (κ2) is 8.48. The van der Waals surface area contributed by atoms with Crippen LogP contribution in [0.15, 0.2) is 24.3 Å². The Morgan fingerprint density at radius 1 is 1.22 bits per heavy atom. The second-order valence-corrected chi connectivity index (χ2v) is 7.84. The van der Waals surface area contributed by atoms with Gasteiger partial charge in [0.05, 0.1) is 13.0 Å². The summed E-state index contributed by atoms with van der Waals surface area (Å²) in [7, 11) is 1.63. The first-order valence-corrected chi connectivity index (χ1v) is 9.58. The van der Waals surface area contributed by atoms with Crippen molar-refractivity contribution in [1.82, 2.24) is 15.5 Å². The van der Waals surface area contributed by atoms with Crippen LogP contribution in [0.1, 0.15) is 37.7 Å². The maximum absolute atomic E-state index is 12.6. The van der Waals surface area contributed by atoms with Crippen molar-refractivity contribution in [1.29, 1.82) is 0 Å². The van der Waals surface area contributed by atoms with E-state index >= 15 is 0 Å². The Morgan fingerprint density at radius 2 is 1.89 bits per heavy atom. The molecule has 0 saturated carbocycles. The van der Waals surface area contributed by atoms with Crippen molar-refractivity contribution in [2.75, 3.05) is 13.7 Å². The molecule has 2 N–H and O–H groups in total. The molecule has 148 valence electrons. The summed E-state index contributed by atoms with van der Waals surface area (Å²) in [5.41, 5.74) is 1.05. The number of likely N-dealkylation sites (tertiary alicyclic amines) is 1. The molecule has 6 nitrogen and oxygen atoms in total. The molecule has 3 aliphatic heterocycles. The largest absolute Gasteiger partial charge is 0.497 e. The summed E-state index contributed by atoms with van der Waals surface area (Å²) in [6, 6.07) is 9.07. The molecule has 2 amide bonds. The minimum Gasteiger partial charge on any atom is -0.497 e. The number of nitrogens with one attached hydrogen (secondary N) is 2. The van der Waals surface area contributed by atoms with Gasteiger partial charge in [0.15, 0.2) is 0 Å². The lowest BCUT2D eigenvalue weighted by molar-refractivity contribution is -0.129. The first-order valence-electron chi connectivity index (χ1n) is 9.58. The number of carbonyl (C=O) groups is 2. The molecule has 3 aliphatic rings. The molecule has 3 unspecified atom stereocenters. The molecule has 3 fully saturated rings. The van der Waals surface area contributed by atoms with Crippen molar-refractivity contribution in [2.24, 2.45) is 5.92 Å². The molecule has 0 radical (unpaired) electrons. The number of nitrogens with zero attached hydrogens (tertiary/aromatic N) is 1. The van der Waals surface area contributed by atoms with Crippen LogP contribution in [-0.4, -0.2) is 48.5 Å². The first-order chi connectivity index (χ1) is 12.6. The standard InChI is InChI=1S/C20H27N3O3.ClH/c1-26-18-6-2-13(3-7-18)11-23-12-14(8-19(23)24)20(25)22-17-9-15-4-5-16(10-17)21-15;/h2-3,6-7,14-17,21H,4-5,8-12H2,1H3,(H,22,25);1H. The van der Waals surface area contributed by atoms with Gasteiger partial charge in [-0.05, 0) is 43.4 Å². The van der Waals surface area contributed by atoms with Crippen molar-refractivity contribution in [3.8, 4) is 5.75 Å². The molecule has 3 saturated heterocycles. The quantitative estimate of drug-likeness (QED) is 0.801. The third-order valence-electron chi connectivity index (χ3n) is 5.94. The number of hydrogen-bond donors (Lipinski definition) is 2. The van der Waals surface area contributed by atoms with Crippen LogP contribution in [0.25, 0.3) is 0 Å². The van der Waals surface area contributed by atoms with E-state index in [0.29, 0.717) is 31.6 Å². The van der Waals surface area contributed by atoms with Gasteiger partial charge < -0.3 is 20.3 Å². The zero-order valence-electron chi connectivity index (χ0n) is 15.6. The molecule has 27 heavy (non-hydrogen) atoms. The molecule has 0 aliphatic carbocycles. The highest BCUT2D eigenvalue weighted by atomic mass is 35.5. The van der Waals surface area contributed by atoms with Crippen LogP contribution in [-0.2, 0) is 16.1 Å². The van der Waals surface area contributed by atoms with Gasteiger partial charge in [-0.1, -0.05) is 12.1 Å². The van der Waals surface area contributed by atoms with Crippen LogP contribution in [0.2, 0.25) is 0 Å². The van der Waals surface area contributed by atoms with Crippen molar-refractivity contribution >= 4 is 24.2 Å². The zero-order valence-corrected chi connectivity index (χ0v) is 16.5. The maximum Gasteiger partial charge on any atom is 0.225 e. The lowest BCUT2D eigenvalue weighted by atomic mass is 9.98. The van der Waals surface area contributed by atoms with E-state index in [-0.39, 0.29) is 36.2 Å². The van der Waals surface area contributed by atoms with Crippen LogP contribution in [0.4, 0.5) is 0 Å². The highest BCUT2D eigenvalue weighted by Gasteiger charge is 2.38. The summed E-state index contributed by atoms with van der Waals surface area (Å²) in [4.78, 5) is 26.8. The predicted octanol–water partition coefficient (Wildman–Crippen LogP) is 1.86. The van der Waals surface area contributed by atoms with Gasteiger partial charge in [0.25, 0.3) is 0 Å². The molecular formula is C20H28ClN3O3. The second-order valence-electron chi connectivity index (χ2n) is 7.84. The molecule has 7 heteroatoms. The van der Waals surface area contributed by atoms with Crippen LogP contribution in [0, 0.1) is 5.92 Å². The van der Waals surface area contributed by atoms with E-state index in [0.717, 1.165) is 24.2 Å². The summed E-state index contributed by atoms with van der Waals surface area (Å²) in [6.45, 7) is 1.05. The third-order valence-corrected chi connectivity index (χ3v) is 5.94. The van der Waals surface area contributed by atoms with E-state index in [4.69, 9.17) is 4.74 Å². The lowest BCUT2D eigenvalue weighted by Crippen LogP contribution is -2.49. The fourth-order valence-electron chi connectivity index (χ4n) is 4.55. The Labute approximate surface area is 166 Å². The van der Waals surface area contributed by atoms with Crippen molar-refractivity contribution in [3.63, 3.8) is 0 Å². The fraction of sp³-hybridized carbons (Fsp3) is 0.600. The molecule has 4 rings (SSSR count). The average Bonchev–Trinajstić information content (AvgIpc) is 3.18. The van der Waals surface area contributed by atoms with E-state index in [1.54, 1.807) is 12.0 Å². The van der Waals surface area contributed by atoms with Crippen LogP contribution >= 0.6 is 12.4 Å². The average molecular weight is 394 g/mol. The topological polar surface area (TPSA) is 70.7 Å². The fourth-order valence-corrected chi connectivity index (χ4v) is 4.55. The summed E-state index contributed by atoms with van der Waals surface area (Å²) < 4.78 is 5.16. The Morgan fingerprint density at radius 3 is 2.52 bits per heavy atom. The SMILES string of the molecule is COc1ccc(CN2CC(C(=O)NC3CC4CCC(C3)N4)CC2=O)cc1.Cl. The van der Waals surface area contributed by atoms with Crippen LogP contribution < -0.4 is 15.4 Å². The van der Waals surface area contributed by atoms with Gasteiger partial charge in [-0.25, -0.2) is 0 Å². The van der Waals surface area contributed by atoms with E-state index in [1.165, 1.54) is 12.8 Å². The minimum absolute atomic E-state index is 0. The minimum atomic E-state index is -0.228. The van der Waals surface area contributed by atoms with Crippen molar-refractivity contribution < 1.29 is 14.3 Å². The van der Waals surface area contributed by atoms with E-state index in [1.807, 2.05) is 24.3 Å². The summed E-state index contributed by atoms with van der Waals surface area (Å²) in [6.07, 6.45) is 4.78. The number of methoxy groups -OCH3 is 1. The van der Waals surface area contributed by atoms with Gasteiger partial charge in [-0.3, -0.25) is 9.59 Å². The Balaban J connectivity index is 0.00000210. The Bertz CT molecular complexity index is 670. The molecule has 2 bridgehead atoms. The summed E-state index contributed by atoms with van der Waals surface area (Å²) >= 11 is 0. The third kappa shape index (κ3) is 4.55. The molecule has 3 heterocycles. The number of hydrogen-bond acceptors (Lipinski definition) is 4. The maximum atomic E-state index is 12.6. The zero-order chi connectivity index (χ0) is 18.1. The van der Waals surface area contributed by atoms with Crippen LogP contribution in [0.5, 0.6) is 5.75 Å². The van der Waals surface area contributed by atoms with Gasteiger partial charge in [0.2, 0.25) is 11.8 Å². The number of rotatable bonds is 5. The van der Waals surface area contributed by atoms with Gasteiger partial charge in [-0.15, -0.1) is 12.4 Å². The number of ether oxygens (including phenoxy) is 1. The highest BCUT2D eigenvalue weighted by Crippen LogP contribution is 2.28. The summed E-state index contributed by atoms with van der Waals surface area (Å²) in [5, 5.41) is 6.80. The Kier molecular flexibility index (Phi) is 6.27. The van der Waals surface area contributed by atoms with Gasteiger partial charge in [0, 0.05) is 37.6 Å². The van der Waals surface area contributed by atoms with Gasteiger partial charge >= 0.3 is 0 Å². The normalized spacial score (nSPS) is 29.4. The number of carbonyl (C=O) groups excluding carboxylic acids is 2. The van der Waals surface area contributed by atoms with Gasteiger partial charge in [0.1, 0.15) is 5.75 Å². The molecule has 0 spiro atoms. The predicted molar refractivity (Wildman–Crippen MR) is 105 cm³/mol. The monoisotopic (exact) mass is 393 g/mol. The van der Waals surface area contributed by atoms with E-state index in [9.17, 15) is 9.59 Å². The Hall–Kier alpha value is -1.79. The molecule has 0 aromatic heterocycles. The number of benzene rings is 1. The van der Waals surface area contributed by atoms with E-state index < -0.39 is 0 Å². The smallest absolute Gasteiger partial charge is 0.225 e. The number of fused-ring (bicyclic) bond motifs is 2. The van der Waals surface area contributed by atoms with Crippen molar-refractivity contribution in [2.45, 2.75) is 56.8 Å². The van der Waals surface area contributed by atoms with Crippen LogP contribution in [0.3, 0.4) is 0 Å². The van der Waals surface area contributed by atoms with Crippen molar-refractivity contribution in [3.05, 3.63) is 29.8 Å². The summed E-state index contributed by atoms with van der Waals surface area (Å²) in [5.74, 6) is 0.677. The van der Waals surface area contributed by atoms with Gasteiger partial charge in [-0.2, -0.15) is 0 Å². The number of amides is 2. The van der Waals surface area contributed by atoms with E-state index in [2.05, 4.69) is 10.6 Å². The number of halogens is 1. The first kappa shape index (κ1) is 20.0. The highest BCUT2D eigenvalue weighted by molar-refractivity contribution is 5.89. The lowest BCUT2D eigenvalue weighted by Gasteiger charge is -2.30. The molecule has 1 aromatic rings. The molecular weight excluding hydrogens is 366 g/mol.